The molecule has 4 aromatic rings. The predicted molar refractivity (Wildman–Crippen MR) is 136 cm³/mol. The van der Waals surface area contributed by atoms with Crippen LogP contribution in [-0.4, -0.2) is 28.7 Å². The third-order valence-corrected chi connectivity index (χ3v) is 6.43. The molecule has 6 nitrogen and oxygen atoms in total. The number of hydrogen-bond donors (Lipinski definition) is 3. The number of carbonyl (C=O) groups is 1. The third kappa shape index (κ3) is 6.01. The number of carboxylic acids is 1. The number of benzene rings is 3. The number of halogens is 2. The molecule has 35 heavy (non-hydrogen) atoms. The van der Waals surface area contributed by atoms with E-state index in [0.717, 1.165) is 26.5 Å². The van der Waals surface area contributed by atoms with Gasteiger partial charge in [0.25, 0.3) is 0 Å². The molecule has 4 rings (SSSR count). The Hall–Kier alpha value is -3.36. The standard InChI is InChI=1S/C27H26BrFN2O4/c1-2-34-25-12-19(21(28)13-26(25)35-16-17-7-3-5-9-22(17)29)15-31-24(27(32)33)11-18-14-30-23-10-6-4-8-20(18)23/h3-10,12-14,24,30-31H,2,11,15-16H2,1H3,(H,32,33). The minimum Gasteiger partial charge on any atom is -0.490 e. The molecule has 0 amide bonds. The van der Waals surface area contributed by atoms with Crippen LogP contribution in [0, 0.1) is 5.82 Å². The van der Waals surface area contributed by atoms with E-state index in [9.17, 15) is 14.3 Å². The van der Waals surface area contributed by atoms with Crippen LogP contribution < -0.4 is 14.8 Å². The first-order valence-corrected chi connectivity index (χ1v) is 12.1. The molecule has 182 valence electrons. The van der Waals surface area contributed by atoms with E-state index < -0.39 is 12.0 Å². The molecule has 3 aromatic carbocycles. The van der Waals surface area contributed by atoms with Crippen molar-refractivity contribution in [3.63, 3.8) is 0 Å². The Balaban J connectivity index is 1.48. The van der Waals surface area contributed by atoms with Gasteiger partial charge < -0.3 is 19.6 Å². The summed E-state index contributed by atoms with van der Waals surface area (Å²) >= 11 is 3.55. The molecule has 1 aromatic heterocycles. The molecule has 0 spiro atoms. The first kappa shape index (κ1) is 24.8. The van der Waals surface area contributed by atoms with Crippen molar-refractivity contribution >= 4 is 32.8 Å². The van der Waals surface area contributed by atoms with Gasteiger partial charge in [-0.1, -0.05) is 52.3 Å². The largest absolute Gasteiger partial charge is 0.490 e. The molecular formula is C27H26BrFN2O4. The number of aliphatic carboxylic acids is 1. The molecular weight excluding hydrogens is 515 g/mol. The molecule has 0 saturated carbocycles. The van der Waals surface area contributed by atoms with Gasteiger partial charge in [-0.15, -0.1) is 0 Å². The second-order valence-electron chi connectivity index (χ2n) is 8.04. The number of aromatic amines is 1. The second kappa shape index (κ2) is 11.4. The van der Waals surface area contributed by atoms with E-state index >= 15 is 0 Å². The Morgan fingerprint density at radius 1 is 1.06 bits per heavy atom. The molecule has 0 aliphatic carbocycles. The zero-order valence-corrected chi connectivity index (χ0v) is 20.8. The molecule has 1 atom stereocenters. The fraction of sp³-hybridized carbons (Fsp3) is 0.222. The van der Waals surface area contributed by atoms with Gasteiger partial charge in [0.15, 0.2) is 11.5 Å². The summed E-state index contributed by atoms with van der Waals surface area (Å²) in [6.45, 7) is 2.64. The van der Waals surface area contributed by atoms with Crippen LogP contribution in [0.4, 0.5) is 4.39 Å². The number of rotatable bonds is 11. The number of hydrogen-bond acceptors (Lipinski definition) is 4. The Bertz CT molecular complexity index is 1320. The summed E-state index contributed by atoms with van der Waals surface area (Å²) in [6, 6.07) is 17.0. The molecule has 8 heteroatoms. The van der Waals surface area contributed by atoms with Crippen LogP contribution >= 0.6 is 15.9 Å². The molecule has 0 aliphatic rings. The highest BCUT2D eigenvalue weighted by Gasteiger charge is 2.20. The van der Waals surface area contributed by atoms with Gasteiger partial charge in [0.1, 0.15) is 18.5 Å². The number of nitrogens with one attached hydrogen (secondary N) is 2. The van der Waals surface area contributed by atoms with Gasteiger partial charge in [0, 0.05) is 40.1 Å². The van der Waals surface area contributed by atoms with Crippen LogP contribution in [0.25, 0.3) is 10.9 Å². The first-order valence-electron chi connectivity index (χ1n) is 11.3. The molecule has 0 saturated heterocycles. The van der Waals surface area contributed by atoms with E-state index in [1.807, 2.05) is 43.5 Å². The molecule has 0 bridgehead atoms. The van der Waals surface area contributed by atoms with Crippen molar-refractivity contribution in [2.75, 3.05) is 6.61 Å². The van der Waals surface area contributed by atoms with Gasteiger partial charge >= 0.3 is 5.97 Å². The maximum Gasteiger partial charge on any atom is 0.321 e. The maximum atomic E-state index is 14.0. The lowest BCUT2D eigenvalue weighted by atomic mass is 10.0. The van der Waals surface area contributed by atoms with E-state index in [2.05, 4.69) is 26.2 Å². The van der Waals surface area contributed by atoms with Gasteiger partial charge in [0.05, 0.1) is 6.61 Å². The highest BCUT2D eigenvalue weighted by atomic mass is 79.9. The smallest absolute Gasteiger partial charge is 0.321 e. The van der Waals surface area contributed by atoms with Crippen molar-refractivity contribution in [1.29, 1.82) is 0 Å². The predicted octanol–water partition coefficient (Wildman–Crippen LogP) is 5.83. The number of H-pyrrole nitrogens is 1. The highest BCUT2D eigenvalue weighted by Crippen LogP contribution is 2.34. The molecule has 0 radical (unpaired) electrons. The van der Waals surface area contributed by atoms with Crippen molar-refractivity contribution in [1.82, 2.24) is 10.3 Å². The molecule has 0 fully saturated rings. The quantitative estimate of drug-likeness (QED) is 0.223. The SMILES string of the molecule is CCOc1cc(CNC(Cc2c[nH]c3ccccc23)C(=O)O)c(Br)cc1OCc1ccccc1F. The van der Waals surface area contributed by atoms with Crippen molar-refractivity contribution in [3.8, 4) is 11.5 Å². The van der Waals surface area contributed by atoms with Crippen LogP contribution in [-0.2, 0) is 24.4 Å². The molecule has 1 unspecified atom stereocenters. The second-order valence-corrected chi connectivity index (χ2v) is 8.89. The zero-order chi connectivity index (χ0) is 24.8. The minimum absolute atomic E-state index is 0.0580. The van der Waals surface area contributed by atoms with Gasteiger partial charge in [-0.3, -0.25) is 10.1 Å². The normalized spacial score (nSPS) is 12.0. The van der Waals surface area contributed by atoms with E-state index in [-0.39, 0.29) is 12.4 Å². The summed E-state index contributed by atoms with van der Waals surface area (Å²) in [5.74, 6) is -0.284. The van der Waals surface area contributed by atoms with Crippen LogP contribution in [0.15, 0.2) is 71.3 Å². The van der Waals surface area contributed by atoms with Gasteiger partial charge in [-0.25, -0.2) is 4.39 Å². The van der Waals surface area contributed by atoms with E-state index in [0.29, 0.717) is 36.6 Å². The number of aromatic nitrogens is 1. The fourth-order valence-electron chi connectivity index (χ4n) is 3.87. The Labute approximate surface area is 211 Å². The summed E-state index contributed by atoms with van der Waals surface area (Å²) in [4.78, 5) is 15.2. The monoisotopic (exact) mass is 540 g/mol. The van der Waals surface area contributed by atoms with E-state index in [1.54, 1.807) is 24.3 Å². The van der Waals surface area contributed by atoms with Gasteiger partial charge in [-0.05, 0) is 42.3 Å². The number of para-hydroxylation sites is 1. The lowest BCUT2D eigenvalue weighted by molar-refractivity contribution is -0.139. The third-order valence-electron chi connectivity index (χ3n) is 5.69. The van der Waals surface area contributed by atoms with Crippen molar-refractivity contribution in [2.45, 2.75) is 32.5 Å². The van der Waals surface area contributed by atoms with Gasteiger partial charge in [0.2, 0.25) is 0 Å². The topological polar surface area (TPSA) is 83.6 Å². The fourth-order valence-corrected chi connectivity index (χ4v) is 4.33. The average Bonchev–Trinajstić information content (AvgIpc) is 3.26. The van der Waals surface area contributed by atoms with Crippen molar-refractivity contribution in [3.05, 3.63) is 93.8 Å². The van der Waals surface area contributed by atoms with Crippen LogP contribution in [0.5, 0.6) is 11.5 Å². The maximum absolute atomic E-state index is 14.0. The molecule has 0 aliphatic heterocycles. The average molecular weight is 541 g/mol. The van der Waals surface area contributed by atoms with Crippen LogP contribution in [0.2, 0.25) is 0 Å². The van der Waals surface area contributed by atoms with E-state index in [4.69, 9.17) is 9.47 Å². The summed E-state index contributed by atoms with van der Waals surface area (Å²) in [5, 5.41) is 14.0. The van der Waals surface area contributed by atoms with E-state index in [1.165, 1.54) is 6.07 Å². The van der Waals surface area contributed by atoms with Crippen molar-refractivity contribution < 1.29 is 23.8 Å². The summed E-state index contributed by atoms with van der Waals surface area (Å²) < 4.78 is 26.3. The first-order chi connectivity index (χ1) is 17.0. The Kier molecular flexibility index (Phi) is 8.05. The molecule has 3 N–H and O–H groups in total. The minimum atomic E-state index is -0.929. The van der Waals surface area contributed by atoms with Gasteiger partial charge in [-0.2, -0.15) is 0 Å². The van der Waals surface area contributed by atoms with Crippen LogP contribution in [0.3, 0.4) is 0 Å². The zero-order valence-electron chi connectivity index (χ0n) is 19.2. The summed E-state index contributed by atoms with van der Waals surface area (Å²) in [5.41, 5.74) is 3.17. The van der Waals surface area contributed by atoms with Crippen molar-refractivity contribution in [2.24, 2.45) is 0 Å². The van der Waals surface area contributed by atoms with Crippen LogP contribution in [0.1, 0.15) is 23.6 Å². The number of ether oxygens (including phenoxy) is 2. The highest BCUT2D eigenvalue weighted by molar-refractivity contribution is 9.10. The number of carboxylic acid groups (broad SMARTS) is 1. The Morgan fingerprint density at radius 2 is 1.80 bits per heavy atom. The molecule has 1 heterocycles. The number of fused-ring (bicyclic) bond motifs is 1. The summed E-state index contributed by atoms with van der Waals surface area (Å²) in [7, 11) is 0. The summed E-state index contributed by atoms with van der Waals surface area (Å²) in [6.07, 6.45) is 2.19. The lowest BCUT2D eigenvalue weighted by Crippen LogP contribution is -2.38. The lowest BCUT2D eigenvalue weighted by Gasteiger charge is -2.18. The Morgan fingerprint density at radius 3 is 2.57 bits per heavy atom.